The highest BCUT2D eigenvalue weighted by Crippen LogP contribution is 2.46. The van der Waals surface area contributed by atoms with E-state index < -0.39 is 17.8 Å². The largest absolute Gasteiger partial charge is 0.371 e. The van der Waals surface area contributed by atoms with E-state index in [1.54, 1.807) is 0 Å². The Morgan fingerprint density at radius 2 is 1.25 bits per heavy atom. The summed E-state index contributed by atoms with van der Waals surface area (Å²) in [6.07, 6.45) is -0.246. The molecule has 0 aromatic rings. The predicted molar refractivity (Wildman–Crippen MR) is 30.5 cm³/mol. The summed E-state index contributed by atoms with van der Waals surface area (Å²) in [5.74, 6) is -14.9. The van der Waals surface area contributed by atoms with Crippen molar-refractivity contribution in [2.75, 3.05) is 0 Å². The van der Waals surface area contributed by atoms with Gasteiger partial charge in [-0.3, -0.25) is 0 Å². The molecule has 6 heteroatoms. The van der Waals surface area contributed by atoms with Gasteiger partial charge in [-0.15, -0.1) is 0 Å². The highest BCUT2D eigenvalue weighted by atomic mass is 19.3. The van der Waals surface area contributed by atoms with Crippen LogP contribution in [0.3, 0.4) is 0 Å². The number of hydrogen-bond donors (Lipinski definition) is 0. The fraction of sp³-hybridized carbons (Fsp3) is 0.833. The Morgan fingerprint density at radius 3 is 1.33 bits per heavy atom. The molecule has 0 aliphatic rings. The van der Waals surface area contributed by atoms with E-state index >= 15 is 0 Å². The summed E-state index contributed by atoms with van der Waals surface area (Å²) in [6.45, 7) is 0.351. The molecule has 73 valence electrons. The molecule has 0 N–H and O–H groups in total. The van der Waals surface area contributed by atoms with Crippen molar-refractivity contribution in [1.29, 1.82) is 0 Å². The van der Waals surface area contributed by atoms with Gasteiger partial charge in [0.1, 0.15) is 0 Å². The molecule has 1 radical (unpaired) electrons. The lowest BCUT2D eigenvalue weighted by Gasteiger charge is -2.29. The van der Waals surface area contributed by atoms with E-state index in [0.717, 1.165) is 0 Å². The van der Waals surface area contributed by atoms with Crippen LogP contribution in [-0.4, -0.2) is 17.8 Å². The van der Waals surface area contributed by atoms with Gasteiger partial charge in [0.15, 0.2) is 0 Å². The smallest absolute Gasteiger partial charge is 0.200 e. The van der Waals surface area contributed by atoms with Gasteiger partial charge in [0.2, 0.25) is 0 Å². The molecule has 0 saturated heterocycles. The average Bonchev–Trinajstić information content (AvgIpc) is 1.85. The zero-order valence-corrected chi connectivity index (χ0v) is 6.35. The third kappa shape index (κ3) is 1.67. The summed E-state index contributed by atoms with van der Waals surface area (Å²) in [6, 6.07) is 0. The fourth-order valence-electron chi connectivity index (χ4n) is 0.474. The van der Waals surface area contributed by atoms with E-state index in [2.05, 4.69) is 0 Å². The first-order valence-electron chi connectivity index (χ1n) is 3.00. The second-order valence-electron chi connectivity index (χ2n) is 2.37. The molecule has 0 aromatic heterocycles. The number of alkyl halides is 6. The van der Waals surface area contributed by atoms with E-state index in [-0.39, 0.29) is 13.3 Å². The Hall–Kier alpha value is -0.420. The van der Waals surface area contributed by atoms with Gasteiger partial charge in [0.05, 0.1) is 0 Å². The van der Waals surface area contributed by atoms with Crippen LogP contribution in [-0.2, 0) is 0 Å². The van der Waals surface area contributed by atoms with E-state index in [9.17, 15) is 26.3 Å². The van der Waals surface area contributed by atoms with Crippen LogP contribution in [0, 0.1) is 6.42 Å². The lowest BCUT2D eigenvalue weighted by Crippen LogP contribution is -2.52. The topological polar surface area (TPSA) is 0 Å². The maximum absolute atomic E-state index is 12.2. The summed E-state index contributed by atoms with van der Waals surface area (Å²) in [5.41, 5.74) is 0. The molecule has 12 heavy (non-hydrogen) atoms. The van der Waals surface area contributed by atoms with Gasteiger partial charge in [-0.2, -0.15) is 26.3 Å². The Morgan fingerprint density at radius 1 is 0.917 bits per heavy atom. The Labute approximate surface area is 65.6 Å². The van der Waals surface area contributed by atoms with Crippen LogP contribution in [0.15, 0.2) is 0 Å². The third-order valence-corrected chi connectivity index (χ3v) is 1.33. The van der Waals surface area contributed by atoms with Crippen LogP contribution in [0.5, 0.6) is 0 Å². The molecule has 0 heterocycles. The minimum Gasteiger partial charge on any atom is -0.200 e. The lowest BCUT2D eigenvalue weighted by molar-refractivity contribution is -0.290. The highest BCUT2D eigenvalue weighted by Gasteiger charge is 2.68. The van der Waals surface area contributed by atoms with Crippen molar-refractivity contribution in [2.24, 2.45) is 0 Å². The summed E-state index contributed by atoms with van der Waals surface area (Å²) < 4.78 is 72.5. The third-order valence-electron chi connectivity index (χ3n) is 1.33. The van der Waals surface area contributed by atoms with Crippen LogP contribution in [0.25, 0.3) is 0 Å². The molecule has 0 nitrogen and oxygen atoms in total. The van der Waals surface area contributed by atoms with Crippen molar-refractivity contribution in [3.63, 3.8) is 0 Å². The van der Waals surface area contributed by atoms with Crippen LogP contribution >= 0.6 is 0 Å². The van der Waals surface area contributed by atoms with E-state index in [4.69, 9.17) is 0 Å². The molecule has 0 aliphatic carbocycles. The second-order valence-corrected chi connectivity index (χ2v) is 2.37. The van der Waals surface area contributed by atoms with Crippen molar-refractivity contribution in [3.8, 4) is 0 Å². The zero-order valence-electron chi connectivity index (χ0n) is 6.35. The summed E-state index contributed by atoms with van der Waals surface area (Å²) >= 11 is 0. The Kier molecular flexibility index (Phi) is 2.71. The first-order chi connectivity index (χ1) is 5.06. The molecule has 0 rings (SSSR count). The van der Waals surface area contributed by atoms with Gasteiger partial charge < -0.3 is 0 Å². The molecule has 0 atom stereocenters. The fourth-order valence-corrected chi connectivity index (χ4v) is 0.474. The molecular formula is C6H7F6. The summed E-state index contributed by atoms with van der Waals surface area (Å²) in [5, 5.41) is 0. The van der Waals surface area contributed by atoms with Gasteiger partial charge in [-0.1, -0.05) is 6.92 Å². The first-order valence-corrected chi connectivity index (χ1v) is 3.00. The zero-order chi connectivity index (χ0) is 10.2. The minimum absolute atomic E-state index is 0.246. The lowest BCUT2D eigenvalue weighted by atomic mass is 10.0. The van der Waals surface area contributed by atoms with Crippen molar-refractivity contribution in [1.82, 2.24) is 0 Å². The van der Waals surface area contributed by atoms with E-state index in [1.807, 2.05) is 0 Å². The van der Waals surface area contributed by atoms with Crippen LogP contribution in [0.1, 0.15) is 13.8 Å². The molecule has 0 aromatic carbocycles. The van der Waals surface area contributed by atoms with E-state index in [0.29, 0.717) is 6.92 Å². The van der Waals surface area contributed by atoms with Crippen molar-refractivity contribution < 1.29 is 26.3 Å². The van der Waals surface area contributed by atoms with Crippen molar-refractivity contribution in [3.05, 3.63) is 6.42 Å². The molecule has 0 saturated carbocycles. The Bertz CT molecular complexity index is 156. The summed E-state index contributed by atoms with van der Waals surface area (Å²) in [7, 11) is 0. The number of rotatable bonds is 3. The summed E-state index contributed by atoms with van der Waals surface area (Å²) in [4.78, 5) is 0. The monoisotopic (exact) mass is 193 g/mol. The molecule has 0 amide bonds. The molecule has 0 aliphatic heterocycles. The van der Waals surface area contributed by atoms with Crippen molar-refractivity contribution in [2.45, 2.75) is 31.6 Å². The number of halogens is 6. The van der Waals surface area contributed by atoms with Gasteiger partial charge in [-0.05, 0) is 0 Å². The van der Waals surface area contributed by atoms with Gasteiger partial charge in [0.25, 0.3) is 0 Å². The number of hydrogen-bond acceptors (Lipinski definition) is 0. The van der Waals surface area contributed by atoms with E-state index in [1.165, 1.54) is 0 Å². The SMILES string of the molecule is C[CH]C(F)(F)C(F)(F)C(C)(F)F. The maximum Gasteiger partial charge on any atom is 0.371 e. The molecule has 0 spiro atoms. The van der Waals surface area contributed by atoms with Crippen LogP contribution in [0.2, 0.25) is 0 Å². The second kappa shape index (κ2) is 2.81. The molecular weight excluding hydrogens is 186 g/mol. The predicted octanol–water partition coefficient (Wildman–Crippen LogP) is 3.14. The van der Waals surface area contributed by atoms with Gasteiger partial charge >= 0.3 is 17.8 Å². The maximum atomic E-state index is 12.2. The highest BCUT2D eigenvalue weighted by molar-refractivity contribution is 5.00. The molecule has 0 bridgehead atoms. The minimum atomic E-state index is -5.34. The quantitative estimate of drug-likeness (QED) is 0.604. The average molecular weight is 193 g/mol. The standard InChI is InChI=1S/C6H7F6/c1-3-5(9,10)6(11,12)4(2,7)8/h3H,1-2H3. The van der Waals surface area contributed by atoms with Gasteiger partial charge in [-0.25, -0.2) is 0 Å². The van der Waals surface area contributed by atoms with Gasteiger partial charge in [0, 0.05) is 13.3 Å². The normalized spacial score (nSPS) is 15.0. The Balaban J connectivity index is 4.85. The van der Waals surface area contributed by atoms with Crippen LogP contribution in [0.4, 0.5) is 26.3 Å². The first kappa shape index (κ1) is 11.6. The molecule has 0 fully saturated rings. The molecule has 0 unspecified atom stereocenters. The van der Waals surface area contributed by atoms with Crippen LogP contribution < -0.4 is 0 Å². The van der Waals surface area contributed by atoms with Crippen molar-refractivity contribution >= 4 is 0 Å².